The molecule has 0 aromatic heterocycles. The molecule has 0 aliphatic carbocycles. The maximum absolute atomic E-state index is 13.3. The molecule has 1 aliphatic heterocycles. The fourth-order valence-electron chi connectivity index (χ4n) is 2.75. The van der Waals surface area contributed by atoms with Gasteiger partial charge < -0.3 is 14.7 Å². The molecule has 1 aromatic rings. The summed E-state index contributed by atoms with van der Waals surface area (Å²) in [6.07, 6.45) is 0.163. The molecule has 1 aliphatic rings. The summed E-state index contributed by atoms with van der Waals surface area (Å²) in [5.74, 6) is -0.725. The lowest BCUT2D eigenvalue weighted by atomic mass is 10.2. The summed E-state index contributed by atoms with van der Waals surface area (Å²) in [5.41, 5.74) is 0.441. The first-order valence-corrected chi connectivity index (χ1v) is 7.95. The quantitative estimate of drug-likeness (QED) is 0.832. The third-order valence-corrected chi connectivity index (χ3v) is 4.13. The molecule has 0 atom stereocenters. The molecule has 0 spiro atoms. The van der Waals surface area contributed by atoms with Crippen molar-refractivity contribution in [2.24, 2.45) is 0 Å². The van der Waals surface area contributed by atoms with Crippen molar-refractivity contribution in [2.45, 2.75) is 20.3 Å². The van der Waals surface area contributed by atoms with E-state index < -0.39 is 5.82 Å². The lowest BCUT2D eigenvalue weighted by molar-refractivity contribution is -0.138. The van der Waals surface area contributed by atoms with Crippen LogP contribution in [0, 0.1) is 5.82 Å². The fraction of sp³-hybridized carbons (Fsp3) is 0.471. The maximum Gasteiger partial charge on any atom is 0.224 e. The lowest BCUT2D eigenvalue weighted by Crippen LogP contribution is -2.50. The maximum atomic E-state index is 13.3. The largest absolute Gasteiger partial charge is 0.339 e. The molecule has 130 valence electrons. The van der Waals surface area contributed by atoms with Crippen molar-refractivity contribution in [3.63, 3.8) is 0 Å². The Morgan fingerprint density at radius 2 is 1.71 bits per heavy atom. The molecule has 2 rings (SSSR count). The Bertz CT molecular complexity index is 627. The third kappa shape index (κ3) is 4.53. The molecule has 1 aromatic carbocycles. The number of piperazine rings is 1. The minimum absolute atomic E-state index is 0.0101. The average molecular weight is 335 g/mol. The summed E-state index contributed by atoms with van der Waals surface area (Å²) >= 11 is 0. The molecule has 1 saturated heterocycles. The van der Waals surface area contributed by atoms with Crippen molar-refractivity contribution in [2.75, 3.05) is 37.6 Å². The highest BCUT2D eigenvalue weighted by Crippen LogP contribution is 2.16. The second-order valence-electron chi connectivity index (χ2n) is 5.79. The Labute approximate surface area is 140 Å². The average Bonchev–Trinajstić information content (AvgIpc) is 2.54. The van der Waals surface area contributed by atoms with E-state index in [1.54, 1.807) is 15.9 Å². The van der Waals surface area contributed by atoms with Crippen molar-refractivity contribution in [3.8, 4) is 0 Å². The van der Waals surface area contributed by atoms with Gasteiger partial charge in [-0.05, 0) is 18.2 Å². The van der Waals surface area contributed by atoms with Crippen molar-refractivity contribution in [1.82, 2.24) is 9.80 Å². The smallest absolute Gasteiger partial charge is 0.224 e. The number of carbonyl (C=O) groups excluding carboxylic acids is 3. The summed E-state index contributed by atoms with van der Waals surface area (Å²) in [6, 6.07) is 5.75. The van der Waals surface area contributed by atoms with Gasteiger partial charge in [0.2, 0.25) is 17.7 Å². The van der Waals surface area contributed by atoms with Gasteiger partial charge in [0.25, 0.3) is 0 Å². The second-order valence-corrected chi connectivity index (χ2v) is 5.79. The van der Waals surface area contributed by atoms with E-state index in [2.05, 4.69) is 0 Å². The third-order valence-electron chi connectivity index (χ3n) is 4.13. The van der Waals surface area contributed by atoms with E-state index in [0.717, 1.165) is 0 Å². The van der Waals surface area contributed by atoms with Crippen LogP contribution < -0.4 is 4.90 Å². The van der Waals surface area contributed by atoms with Crippen LogP contribution in [0.15, 0.2) is 24.3 Å². The number of anilines is 1. The first kappa shape index (κ1) is 17.9. The van der Waals surface area contributed by atoms with Crippen LogP contribution >= 0.6 is 0 Å². The molecule has 1 fully saturated rings. The van der Waals surface area contributed by atoms with Crippen LogP contribution in [0.4, 0.5) is 10.1 Å². The van der Waals surface area contributed by atoms with E-state index in [9.17, 15) is 18.8 Å². The molecule has 6 nitrogen and oxygen atoms in total. The van der Waals surface area contributed by atoms with Gasteiger partial charge in [0.15, 0.2) is 0 Å². The van der Waals surface area contributed by atoms with Gasteiger partial charge in [-0.2, -0.15) is 0 Å². The predicted molar refractivity (Wildman–Crippen MR) is 87.9 cm³/mol. The number of halogens is 1. The van der Waals surface area contributed by atoms with E-state index in [0.29, 0.717) is 31.9 Å². The Balaban J connectivity index is 1.92. The van der Waals surface area contributed by atoms with Gasteiger partial charge in [0.05, 0.1) is 0 Å². The SMILES string of the molecule is CC(=O)N1CCN(C(=O)CCN(C(C)=O)c2cccc(F)c2)CC1. The van der Waals surface area contributed by atoms with E-state index in [4.69, 9.17) is 0 Å². The molecule has 0 saturated carbocycles. The molecule has 0 unspecified atom stereocenters. The van der Waals surface area contributed by atoms with E-state index in [1.165, 1.54) is 36.9 Å². The highest BCUT2D eigenvalue weighted by molar-refractivity contribution is 5.92. The lowest BCUT2D eigenvalue weighted by Gasteiger charge is -2.34. The Morgan fingerprint density at radius 1 is 1.08 bits per heavy atom. The van der Waals surface area contributed by atoms with Crippen molar-refractivity contribution in [1.29, 1.82) is 0 Å². The van der Waals surface area contributed by atoms with Gasteiger partial charge in [0.1, 0.15) is 5.82 Å². The monoisotopic (exact) mass is 335 g/mol. The van der Waals surface area contributed by atoms with Crippen LogP contribution in [0.25, 0.3) is 0 Å². The standard InChI is InChI=1S/C17H22FN3O3/c1-13(22)19-8-10-20(11-9-19)17(24)6-7-21(14(2)23)16-5-3-4-15(18)12-16/h3-5,12H,6-11H2,1-2H3. The Hall–Kier alpha value is -2.44. The second kappa shape index (κ2) is 7.90. The number of amides is 3. The fourth-order valence-corrected chi connectivity index (χ4v) is 2.75. The Morgan fingerprint density at radius 3 is 2.25 bits per heavy atom. The normalized spacial score (nSPS) is 14.5. The topological polar surface area (TPSA) is 60.9 Å². The summed E-state index contributed by atoms with van der Waals surface area (Å²) in [4.78, 5) is 40.2. The summed E-state index contributed by atoms with van der Waals surface area (Å²) in [7, 11) is 0. The zero-order valence-electron chi connectivity index (χ0n) is 14.0. The molecule has 24 heavy (non-hydrogen) atoms. The van der Waals surface area contributed by atoms with Gasteiger partial charge in [-0.3, -0.25) is 14.4 Å². The van der Waals surface area contributed by atoms with Crippen LogP contribution in [-0.2, 0) is 14.4 Å². The molecule has 0 radical (unpaired) electrons. The van der Waals surface area contributed by atoms with E-state index >= 15 is 0 Å². The first-order valence-electron chi connectivity index (χ1n) is 7.95. The minimum atomic E-state index is -0.426. The number of hydrogen-bond donors (Lipinski definition) is 0. The highest BCUT2D eigenvalue weighted by atomic mass is 19.1. The van der Waals surface area contributed by atoms with Gasteiger partial charge in [-0.1, -0.05) is 6.07 Å². The van der Waals surface area contributed by atoms with Crippen LogP contribution in [0.3, 0.4) is 0 Å². The molecular formula is C17H22FN3O3. The van der Waals surface area contributed by atoms with Crippen molar-refractivity contribution >= 4 is 23.4 Å². The van der Waals surface area contributed by atoms with Gasteiger partial charge in [-0.25, -0.2) is 4.39 Å². The minimum Gasteiger partial charge on any atom is -0.339 e. The number of benzene rings is 1. The number of rotatable bonds is 4. The van der Waals surface area contributed by atoms with E-state index in [-0.39, 0.29) is 30.7 Å². The number of nitrogens with zero attached hydrogens (tertiary/aromatic N) is 3. The van der Waals surface area contributed by atoms with Crippen molar-refractivity contribution < 1.29 is 18.8 Å². The van der Waals surface area contributed by atoms with Crippen LogP contribution in [0.1, 0.15) is 20.3 Å². The molecule has 0 N–H and O–H groups in total. The molecule has 0 bridgehead atoms. The molecule has 1 heterocycles. The van der Waals surface area contributed by atoms with Crippen LogP contribution in [0.5, 0.6) is 0 Å². The zero-order chi connectivity index (χ0) is 17.7. The number of carbonyl (C=O) groups is 3. The Kier molecular flexibility index (Phi) is 5.89. The summed E-state index contributed by atoms with van der Waals surface area (Å²) in [6.45, 7) is 5.16. The van der Waals surface area contributed by atoms with Crippen LogP contribution in [0.2, 0.25) is 0 Å². The predicted octanol–water partition coefficient (Wildman–Crippen LogP) is 1.26. The van der Waals surface area contributed by atoms with Gasteiger partial charge in [0, 0.05) is 58.7 Å². The molecular weight excluding hydrogens is 313 g/mol. The van der Waals surface area contributed by atoms with Crippen molar-refractivity contribution in [3.05, 3.63) is 30.1 Å². The summed E-state index contributed by atoms with van der Waals surface area (Å²) < 4.78 is 13.3. The zero-order valence-corrected chi connectivity index (χ0v) is 14.0. The highest BCUT2D eigenvalue weighted by Gasteiger charge is 2.23. The first-order chi connectivity index (χ1) is 11.4. The summed E-state index contributed by atoms with van der Waals surface area (Å²) in [5, 5.41) is 0. The number of hydrogen-bond acceptors (Lipinski definition) is 3. The molecule has 7 heteroatoms. The van der Waals surface area contributed by atoms with Crippen LogP contribution in [-0.4, -0.2) is 60.2 Å². The van der Waals surface area contributed by atoms with Gasteiger partial charge in [-0.15, -0.1) is 0 Å². The molecule has 3 amide bonds. The van der Waals surface area contributed by atoms with Gasteiger partial charge >= 0.3 is 0 Å². The van der Waals surface area contributed by atoms with E-state index in [1.807, 2.05) is 0 Å².